The minimum absolute atomic E-state index is 0.0490. The maximum atomic E-state index is 9.71. The molecule has 0 aliphatic carbocycles. The summed E-state index contributed by atoms with van der Waals surface area (Å²) >= 11 is 0. The van der Waals surface area contributed by atoms with Crippen LogP contribution in [0.3, 0.4) is 0 Å². The van der Waals surface area contributed by atoms with E-state index in [2.05, 4.69) is 0 Å². The van der Waals surface area contributed by atoms with Gasteiger partial charge in [-0.1, -0.05) is 139 Å². The van der Waals surface area contributed by atoms with Crippen molar-refractivity contribution < 1.29 is 15.1 Å². The van der Waals surface area contributed by atoms with Crippen molar-refractivity contribution in [3.63, 3.8) is 0 Å². The first-order chi connectivity index (χ1) is 25.9. The number of fused-ring (bicyclic) bond motifs is 3. The molecule has 1 heteroatoms. The van der Waals surface area contributed by atoms with Gasteiger partial charge in [0.15, 0.2) is 0 Å². The Kier molecular flexibility index (Phi) is 3.98. The Hall–Kier alpha value is -5.66. The van der Waals surface area contributed by atoms with Crippen LogP contribution in [-0.2, 0) is 0 Å². The minimum Gasteiger partial charge on any atom is -0.310 e. The van der Waals surface area contributed by atoms with Gasteiger partial charge in [-0.3, -0.25) is 0 Å². The molecule has 0 unspecified atom stereocenters. The molecule has 43 heavy (non-hydrogen) atoms. The third-order valence-corrected chi connectivity index (χ3v) is 7.59. The Morgan fingerprint density at radius 1 is 0.419 bits per heavy atom. The van der Waals surface area contributed by atoms with E-state index in [4.69, 9.17) is 11.0 Å². The summed E-state index contributed by atoms with van der Waals surface area (Å²) in [4.78, 5) is 1.32. The largest absolute Gasteiger partial charge is 0.310 e. The molecule has 0 N–H and O–H groups in total. The summed E-state index contributed by atoms with van der Waals surface area (Å²) in [5.41, 5.74) is 1.85. The Labute approximate surface area is 267 Å². The van der Waals surface area contributed by atoms with Crippen LogP contribution in [0, 0.1) is 0 Å². The van der Waals surface area contributed by atoms with Gasteiger partial charge < -0.3 is 4.90 Å². The molecule has 0 fully saturated rings. The predicted octanol–water partition coefficient (Wildman–Crippen LogP) is 11.9. The summed E-state index contributed by atoms with van der Waals surface area (Å²) in [5, 5.41) is 3.16. The Balaban J connectivity index is 1.52. The van der Waals surface area contributed by atoms with E-state index in [1.54, 1.807) is 30.3 Å². The summed E-state index contributed by atoms with van der Waals surface area (Å²) in [6.45, 7) is 0. The lowest BCUT2D eigenvalue weighted by molar-refractivity contribution is 1.30. The first-order valence-corrected chi connectivity index (χ1v) is 13.9. The molecule has 0 aliphatic heterocycles. The lowest BCUT2D eigenvalue weighted by Crippen LogP contribution is -2.10. The van der Waals surface area contributed by atoms with E-state index in [9.17, 15) is 4.11 Å². The highest BCUT2D eigenvalue weighted by Crippen LogP contribution is 2.42. The first-order valence-electron chi connectivity index (χ1n) is 19.4. The fraction of sp³-hybridized carbons (Fsp3) is 0. The van der Waals surface area contributed by atoms with E-state index in [1.807, 2.05) is 78.9 Å². The molecule has 0 spiro atoms. The number of rotatable bonds is 5. The maximum absolute atomic E-state index is 9.71. The standard InChI is InChI=1S/C42H29N/c1-2-14-33-27-35(26-25-30(33)11-1)34-17-7-19-37(28-34)43(42-24-10-16-32-13-4-6-22-41(32)42)38-20-8-18-36(29-38)40-23-9-15-31-12-3-5-21-39(31)40/h1-29H/i4D,6D,7D,10D,13D,16D,17D,19D,22D,24D,28D. The number of hydrogen-bond donors (Lipinski definition) is 0. The van der Waals surface area contributed by atoms with Gasteiger partial charge >= 0.3 is 0 Å². The van der Waals surface area contributed by atoms with Gasteiger partial charge in [0.25, 0.3) is 0 Å². The van der Waals surface area contributed by atoms with Crippen molar-refractivity contribution in [3.8, 4) is 22.3 Å². The smallest absolute Gasteiger partial charge is 0.0651 e. The van der Waals surface area contributed by atoms with Crippen LogP contribution in [0.15, 0.2) is 176 Å². The molecule has 0 saturated heterocycles. The van der Waals surface area contributed by atoms with Gasteiger partial charge in [0, 0.05) is 16.8 Å². The highest BCUT2D eigenvalue weighted by atomic mass is 15.1. The zero-order chi connectivity index (χ0) is 38.2. The van der Waals surface area contributed by atoms with Crippen molar-refractivity contribution in [2.75, 3.05) is 4.90 Å². The number of anilines is 3. The molecule has 202 valence electrons. The van der Waals surface area contributed by atoms with Crippen LogP contribution < -0.4 is 4.90 Å². The zero-order valence-corrected chi connectivity index (χ0v) is 22.8. The van der Waals surface area contributed by atoms with Crippen molar-refractivity contribution in [3.05, 3.63) is 176 Å². The second-order valence-electron chi connectivity index (χ2n) is 10.2. The average Bonchev–Trinajstić information content (AvgIpc) is 3.19. The van der Waals surface area contributed by atoms with Crippen LogP contribution in [0.5, 0.6) is 0 Å². The van der Waals surface area contributed by atoms with Crippen LogP contribution in [0.2, 0.25) is 0 Å². The summed E-state index contributed by atoms with van der Waals surface area (Å²) in [6, 6.07) is 27.9. The quantitative estimate of drug-likeness (QED) is 0.203. The van der Waals surface area contributed by atoms with E-state index in [0.717, 1.165) is 27.1 Å². The van der Waals surface area contributed by atoms with E-state index in [0.29, 0.717) is 11.1 Å². The van der Waals surface area contributed by atoms with Gasteiger partial charge in [-0.05, 0) is 85.5 Å². The Bertz CT molecular complexity index is 2860. The Morgan fingerprint density at radius 3 is 2.14 bits per heavy atom. The van der Waals surface area contributed by atoms with Crippen molar-refractivity contribution in [2.45, 2.75) is 0 Å². The van der Waals surface area contributed by atoms with Gasteiger partial charge in [-0.2, -0.15) is 0 Å². The molecular weight excluding hydrogens is 518 g/mol. The molecule has 0 aromatic heterocycles. The second kappa shape index (κ2) is 10.6. The highest BCUT2D eigenvalue weighted by molar-refractivity contribution is 6.01. The topological polar surface area (TPSA) is 3.24 Å². The molecule has 0 bridgehead atoms. The summed E-state index contributed by atoms with van der Waals surface area (Å²) < 4.78 is 98.7. The van der Waals surface area contributed by atoms with Crippen molar-refractivity contribution in [2.24, 2.45) is 0 Å². The van der Waals surface area contributed by atoms with Gasteiger partial charge in [0.1, 0.15) is 0 Å². The fourth-order valence-corrected chi connectivity index (χ4v) is 5.56. The molecule has 0 radical (unpaired) electrons. The lowest BCUT2D eigenvalue weighted by Gasteiger charge is -2.28. The summed E-state index contributed by atoms with van der Waals surface area (Å²) in [5.74, 6) is 0. The molecule has 0 atom stereocenters. The summed E-state index contributed by atoms with van der Waals surface area (Å²) in [7, 11) is 0. The first kappa shape index (κ1) is 16.1. The lowest BCUT2D eigenvalue weighted by atomic mass is 9.97. The fourth-order valence-electron chi connectivity index (χ4n) is 5.56. The highest BCUT2D eigenvalue weighted by Gasteiger charge is 2.17. The molecule has 0 aliphatic rings. The molecule has 8 aromatic carbocycles. The zero-order valence-electron chi connectivity index (χ0n) is 33.8. The average molecular weight is 559 g/mol. The number of nitrogens with zero attached hydrogens (tertiary/aromatic N) is 1. The van der Waals surface area contributed by atoms with Gasteiger partial charge in [-0.25, -0.2) is 0 Å². The van der Waals surface area contributed by atoms with Crippen LogP contribution in [0.25, 0.3) is 54.6 Å². The summed E-state index contributed by atoms with van der Waals surface area (Å²) in [6.07, 6.45) is 0. The Morgan fingerprint density at radius 2 is 1.19 bits per heavy atom. The van der Waals surface area contributed by atoms with Crippen LogP contribution in [0.4, 0.5) is 17.1 Å². The van der Waals surface area contributed by atoms with E-state index >= 15 is 0 Å². The van der Waals surface area contributed by atoms with Crippen molar-refractivity contribution in [1.29, 1.82) is 0 Å². The molecule has 0 heterocycles. The van der Waals surface area contributed by atoms with Gasteiger partial charge in [-0.15, -0.1) is 0 Å². The van der Waals surface area contributed by atoms with E-state index in [-0.39, 0.29) is 45.5 Å². The molecule has 0 saturated carbocycles. The van der Waals surface area contributed by atoms with Crippen molar-refractivity contribution in [1.82, 2.24) is 0 Å². The third kappa shape index (κ3) is 4.62. The van der Waals surface area contributed by atoms with Crippen molar-refractivity contribution >= 4 is 49.4 Å². The van der Waals surface area contributed by atoms with E-state index < -0.39 is 54.4 Å². The third-order valence-electron chi connectivity index (χ3n) is 7.59. The van der Waals surface area contributed by atoms with Gasteiger partial charge in [0.2, 0.25) is 0 Å². The molecule has 8 aromatic rings. The molecular formula is C42H29N. The monoisotopic (exact) mass is 558 g/mol. The van der Waals surface area contributed by atoms with E-state index in [1.165, 1.54) is 4.90 Å². The molecule has 0 amide bonds. The normalized spacial score (nSPS) is 14.8. The maximum Gasteiger partial charge on any atom is 0.0651 e. The number of benzene rings is 8. The number of hydrogen-bond acceptors (Lipinski definition) is 1. The van der Waals surface area contributed by atoms with Crippen LogP contribution in [-0.4, -0.2) is 0 Å². The van der Waals surface area contributed by atoms with Crippen LogP contribution >= 0.6 is 0 Å². The minimum atomic E-state index is -0.619. The second-order valence-corrected chi connectivity index (χ2v) is 10.2. The predicted molar refractivity (Wildman–Crippen MR) is 185 cm³/mol. The van der Waals surface area contributed by atoms with Crippen LogP contribution in [0.1, 0.15) is 15.1 Å². The van der Waals surface area contributed by atoms with Gasteiger partial charge in [0.05, 0.1) is 20.8 Å². The molecule has 1 nitrogen and oxygen atoms in total. The molecule has 8 rings (SSSR count). The SMILES string of the molecule is [2H]c1c([2H])c(-c2ccc3ccccc3c2)c([2H])c(N(c2cccc(-c3cccc4ccccc34)c2)c2c([2H])c([2H])c([2H])c3c([2H])c([2H])c([2H])c([2H])c23)c1[2H].